The van der Waals surface area contributed by atoms with E-state index < -0.39 is 8.32 Å². The zero-order chi connectivity index (χ0) is 19.9. The standard InChI is InChI=1S/C20H28BrN3OSSi/c1-20(2,3)27(4,5)25-12-13-26-18-9-7-6-8-16(18)14-23-24-19-11-10-17(21)15-22-19/h6-11,14-15H,12-13H2,1-5H3,(H,22,24)/b23-14+. The summed E-state index contributed by atoms with van der Waals surface area (Å²) in [6.07, 6.45) is 3.57. The van der Waals surface area contributed by atoms with Crippen molar-refractivity contribution in [3.05, 3.63) is 52.6 Å². The minimum absolute atomic E-state index is 0.245. The second-order valence-electron chi connectivity index (χ2n) is 7.73. The molecule has 0 radical (unpaired) electrons. The molecule has 0 aliphatic heterocycles. The van der Waals surface area contributed by atoms with Gasteiger partial charge in [0.15, 0.2) is 8.32 Å². The molecule has 27 heavy (non-hydrogen) atoms. The van der Waals surface area contributed by atoms with Crippen LogP contribution in [-0.4, -0.2) is 31.9 Å². The normalized spacial score (nSPS) is 12.5. The number of rotatable bonds is 8. The summed E-state index contributed by atoms with van der Waals surface area (Å²) in [7, 11) is -1.68. The summed E-state index contributed by atoms with van der Waals surface area (Å²) < 4.78 is 7.21. The molecule has 0 saturated carbocycles. The van der Waals surface area contributed by atoms with Crippen LogP contribution in [0.25, 0.3) is 0 Å². The number of hydrogen-bond donors (Lipinski definition) is 1. The Morgan fingerprint density at radius 2 is 1.96 bits per heavy atom. The topological polar surface area (TPSA) is 46.5 Å². The molecule has 4 nitrogen and oxygen atoms in total. The molecule has 0 saturated heterocycles. The van der Waals surface area contributed by atoms with Gasteiger partial charge in [-0.1, -0.05) is 39.0 Å². The molecular weight excluding hydrogens is 438 g/mol. The highest BCUT2D eigenvalue weighted by molar-refractivity contribution is 9.10. The number of nitrogens with zero attached hydrogens (tertiary/aromatic N) is 2. The van der Waals surface area contributed by atoms with Crippen LogP contribution >= 0.6 is 27.7 Å². The molecule has 0 atom stereocenters. The maximum absolute atomic E-state index is 6.26. The first-order valence-corrected chi connectivity index (χ1v) is 13.6. The van der Waals surface area contributed by atoms with E-state index in [1.54, 1.807) is 18.0 Å². The van der Waals surface area contributed by atoms with Crippen LogP contribution in [-0.2, 0) is 4.43 Å². The van der Waals surface area contributed by atoms with Crippen LogP contribution in [0.5, 0.6) is 0 Å². The van der Waals surface area contributed by atoms with Gasteiger partial charge in [-0.05, 0) is 52.3 Å². The second kappa shape index (κ2) is 9.86. The average Bonchev–Trinajstić information content (AvgIpc) is 2.60. The Morgan fingerprint density at radius 3 is 2.63 bits per heavy atom. The van der Waals surface area contributed by atoms with Crippen molar-refractivity contribution in [3.63, 3.8) is 0 Å². The quantitative estimate of drug-likeness (QED) is 0.161. The Morgan fingerprint density at radius 1 is 1.22 bits per heavy atom. The van der Waals surface area contributed by atoms with Crippen LogP contribution in [0.3, 0.4) is 0 Å². The highest BCUT2D eigenvalue weighted by Gasteiger charge is 2.36. The van der Waals surface area contributed by atoms with E-state index in [-0.39, 0.29) is 5.04 Å². The van der Waals surface area contributed by atoms with E-state index in [4.69, 9.17) is 4.43 Å². The van der Waals surface area contributed by atoms with E-state index in [2.05, 4.69) is 83.5 Å². The lowest BCUT2D eigenvalue weighted by Gasteiger charge is -2.36. The molecule has 1 heterocycles. The van der Waals surface area contributed by atoms with Crippen molar-refractivity contribution in [3.8, 4) is 0 Å². The summed E-state index contributed by atoms with van der Waals surface area (Å²) in [5.41, 5.74) is 4.04. The number of aromatic nitrogens is 1. The zero-order valence-electron chi connectivity index (χ0n) is 16.6. The average molecular weight is 467 g/mol. The van der Waals surface area contributed by atoms with Gasteiger partial charge in [0.05, 0.1) is 6.21 Å². The summed E-state index contributed by atoms with van der Waals surface area (Å²) >= 11 is 5.18. The number of benzene rings is 1. The summed E-state index contributed by atoms with van der Waals surface area (Å²) in [6, 6.07) is 12.1. The summed E-state index contributed by atoms with van der Waals surface area (Å²) in [5, 5.41) is 4.56. The van der Waals surface area contributed by atoms with E-state index in [1.165, 1.54) is 4.90 Å². The number of nitrogens with one attached hydrogen (secondary N) is 1. The van der Waals surface area contributed by atoms with Gasteiger partial charge < -0.3 is 4.43 Å². The van der Waals surface area contributed by atoms with Gasteiger partial charge in [0.2, 0.25) is 0 Å². The molecule has 0 aliphatic rings. The number of hydrogen-bond acceptors (Lipinski definition) is 5. The Hall–Kier alpha value is -1.15. The Balaban J connectivity index is 1.89. The van der Waals surface area contributed by atoms with Crippen LogP contribution in [0.4, 0.5) is 5.82 Å². The van der Waals surface area contributed by atoms with Gasteiger partial charge in [-0.2, -0.15) is 5.10 Å². The van der Waals surface area contributed by atoms with E-state index >= 15 is 0 Å². The third-order valence-electron chi connectivity index (χ3n) is 4.64. The third-order valence-corrected chi connectivity index (χ3v) is 10.7. The Kier molecular flexibility index (Phi) is 8.09. The van der Waals surface area contributed by atoms with Crippen molar-refractivity contribution in [1.29, 1.82) is 0 Å². The molecule has 0 aliphatic carbocycles. The predicted octanol–water partition coefficient (Wildman–Crippen LogP) is 6.40. The van der Waals surface area contributed by atoms with Gasteiger partial charge in [0.1, 0.15) is 5.82 Å². The first-order valence-electron chi connectivity index (χ1n) is 8.95. The lowest BCUT2D eigenvalue weighted by Crippen LogP contribution is -2.41. The monoisotopic (exact) mass is 465 g/mol. The van der Waals surface area contributed by atoms with Gasteiger partial charge in [-0.25, -0.2) is 4.98 Å². The van der Waals surface area contributed by atoms with Gasteiger partial charge >= 0.3 is 0 Å². The highest BCUT2D eigenvalue weighted by atomic mass is 79.9. The van der Waals surface area contributed by atoms with Crippen molar-refractivity contribution < 1.29 is 4.43 Å². The first-order chi connectivity index (χ1) is 12.7. The molecule has 2 rings (SSSR count). The van der Waals surface area contributed by atoms with Crippen molar-refractivity contribution in [2.75, 3.05) is 17.8 Å². The van der Waals surface area contributed by atoms with E-state index in [0.717, 1.165) is 22.4 Å². The molecule has 1 aromatic carbocycles. The fourth-order valence-electron chi connectivity index (χ4n) is 1.99. The number of anilines is 1. The summed E-state index contributed by atoms with van der Waals surface area (Å²) in [4.78, 5) is 5.45. The SMILES string of the molecule is CC(C)(C)[Si](C)(C)OCCSc1ccccc1/C=N/Nc1ccc(Br)cn1. The minimum Gasteiger partial charge on any atom is -0.416 e. The number of pyridine rings is 1. The fraction of sp³-hybridized carbons (Fsp3) is 0.400. The smallest absolute Gasteiger partial charge is 0.192 e. The van der Waals surface area contributed by atoms with Crippen LogP contribution in [0, 0.1) is 0 Å². The number of halogens is 1. The predicted molar refractivity (Wildman–Crippen MR) is 123 cm³/mol. The molecule has 0 unspecified atom stereocenters. The zero-order valence-corrected chi connectivity index (χ0v) is 20.0. The lowest BCUT2D eigenvalue weighted by atomic mass is 10.2. The molecular formula is C20H28BrN3OSSi. The summed E-state index contributed by atoms with van der Waals surface area (Å²) in [5.74, 6) is 1.64. The van der Waals surface area contributed by atoms with E-state index in [1.807, 2.05) is 24.4 Å². The fourth-order valence-corrected chi connectivity index (χ4v) is 4.27. The van der Waals surface area contributed by atoms with Crippen LogP contribution in [0.2, 0.25) is 18.1 Å². The molecule has 0 bridgehead atoms. The largest absolute Gasteiger partial charge is 0.416 e. The van der Waals surface area contributed by atoms with E-state index in [9.17, 15) is 0 Å². The number of thioether (sulfide) groups is 1. The van der Waals surface area contributed by atoms with Gasteiger partial charge in [-0.15, -0.1) is 11.8 Å². The highest BCUT2D eigenvalue weighted by Crippen LogP contribution is 2.36. The molecule has 0 amide bonds. The molecule has 0 spiro atoms. The molecule has 2 aromatic rings. The van der Waals surface area contributed by atoms with Crippen molar-refractivity contribution >= 4 is 48.0 Å². The van der Waals surface area contributed by atoms with Crippen LogP contribution < -0.4 is 5.43 Å². The van der Waals surface area contributed by atoms with Crippen LogP contribution in [0.1, 0.15) is 26.3 Å². The first kappa shape index (κ1) is 22.1. The van der Waals surface area contributed by atoms with Crippen molar-refractivity contribution in [2.45, 2.75) is 43.8 Å². The molecule has 146 valence electrons. The second-order valence-corrected chi connectivity index (χ2v) is 14.6. The minimum atomic E-state index is -1.68. The molecule has 1 N–H and O–H groups in total. The third kappa shape index (κ3) is 7.06. The molecule has 0 fully saturated rings. The lowest BCUT2D eigenvalue weighted by molar-refractivity contribution is 0.311. The van der Waals surface area contributed by atoms with Gasteiger partial charge in [0.25, 0.3) is 0 Å². The maximum Gasteiger partial charge on any atom is 0.192 e. The van der Waals surface area contributed by atoms with E-state index in [0.29, 0.717) is 5.82 Å². The van der Waals surface area contributed by atoms with Gasteiger partial charge in [0, 0.05) is 33.5 Å². The van der Waals surface area contributed by atoms with Crippen LogP contribution in [0.15, 0.2) is 57.1 Å². The molecule has 7 heteroatoms. The molecule has 1 aromatic heterocycles. The van der Waals surface area contributed by atoms with Crippen molar-refractivity contribution in [1.82, 2.24) is 4.98 Å². The Bertz CT molecular complexity index is 761. The number of hydrazone groups is 1. The van der Waals surface area contributed by atoms with Gasteiger partial charge in [-0.3, -0.25) is 5.43 Å². The maximum atomic E-state index is 6.26. The Labute approximate surface area is 176 Å². The van der Waals surface area contributed by atoms with Crippen molar-refractivity contribution in [2.24, 2.45) is 5.10 Å². The summed E-state index contributed by atoms with van der Waals surface area (Å²) in [6.45, 7) is 12.2.